The average molecular weight is 215 g/mol. The van der Waals surface area contributed by atoms with Crippen molar-refractivity contribution in [2.24, 2.45) is 5.14 Å². The zero-order valence-corrected chi connectivity index (χ0v) is 8.57. The lowest BCUT2D eigenvalue weighted by Crippen LogP contribution is -2.11. The molecule has 1 aliphatic rings. The molecule has 2 N–H and O–H groups in total. The number of hydrogen-bond acceptors (Lipinski definition) is 3. The second kappa shape index (κ2) is 3.36. The summed E-state index contributed by atoms with van der Waals surface area (Å²) in [6.07, 6.45) is 7.36. The Morgan fingerprint density at radius 2 is 2.07 bits per heavy atom. The lowest BCUT2D eigenvalue weighted by molar-refractivity contribution is 0.466. The van der Waals surface area contributed by atoms with Crippen molar-refractivity contribution in [1.29, 1.82) is 0 Å². The molecule has 1 saturated carbocycles. The Morgan fingerprint density at radius 3 is 2.57 bits per heavy atom. The van der Waals surface area contributed by atoms with E-state index >= 15 is 0 Å². The van der Waals surface area contributed by atoms with Crippen LogP contribution in [0.5, 0.6) is 0 Å². The van der Waals surface area contributed by atoms with E-state index in [-0.39, 0.29) is 4.90 Å². The van der Waals surface area contributed by atoms with Crippen molar-refractivity contribution in [2.75, 3.05) is 0 Å². The van der Waals surface area contributed by atoms with Crippen molar-refractivity contribution >= 4 is 10.0 Å². The molecule has 78 valence electrons. The highest BCUT2D eigenvalue weighted by Crippen LogP contribution is 2.29. The number of aromatic nitrogens is 2. The molecule has 1 aliphatic carbocycles. The largest absolute Gasteiger partial charge is 0.268 e. The van der Waals surface area contributed by atoms with Crippen LogP contribution in [-0.2, 0) is 10.0 Å². The Labute approximate surface area is 83.0 Å². The van der Waals surface area contributed by atoms with Gasteiger partial charge in [0.05, 0.1) is 12.2 Å². The molecule has 2 rings (SSSR count). The molecule has 14 heavy (non-hydrogen) atoms. The molecule has 0 aromatic carbocycles. The highest BCUT2D eigenvalue weighted by Gasteiger charge is 2.19. The van der Waals surface area contributed by atoms with Gasteiger partial charge in [-0.15, -0.1) is 0 Å². The maximum absolute atomic E-state index is 11.0. The van der Waals surface area contributed by atoms with Crippen molar-refractivity contribution < 1.29 is 8.42 Å². The molecule has 0 radical (unpaired) electrons. The molecule has 0 unspecified atom stereocenters. The van der Waals surface area contributed by atoms with Crippen LogP contribution in [0.1, 0.15) is 31.7 Å². The summed E-state index contributed by atoms with van der Waals surface area (Å²) in [4.78, 5) is 0.101. The van der Waals surface area contributed by atoms with E-state index in [9.17, 15) is 8.42 Å². The lowest BCUT2D eigenvalue weighted by Gasteiger charge is -2.08. The zero-order chi connectivity index (χ0) is 10.2. The fourth-order valence-corrected chi connectivity index (χ4v) is 2.29. The van der Waals surface area contributed by atoms with Crippen LogP contribution < -0.4 is 5.14 Å². The van der Waals surface area contributed by atoms with Gasteiger partial charge in [0, 0.05) is 6.20 Å². The number of nitrogens with zero attached hydrogens (tertiary/aromatic N) is 2. The molecular formula is C8H13N3O2S. The summed E-state index contributed by atoms with van der Waals surface area (Å²) < 4.78 is 23.7. The smallest absolute Gasteiger partial charge is 0.241 e. The summed E-state index contributed by atoms with van der Waals surface area (Å²) >= 11 is 0. The molecule has 0 bridgehead atoms. The first-order chi connectivity index (χ1) is 6.57. The second-order valence-electron chi connectivity index (χ2n) is 3.64. The minimum atomic E-state index is -3.59. The predicted octanol–water partition coefficient (Wildman–Crippen LogP) is 0.646. The summed E-state index contributed by atoms with van der Waals surface area (Å²) in [5.41, 5.74) is 0. The summed E-state index contributed by atoms with van der Waals surface area (Å²) in [6, 6.07) is 0.352. The van der Waals surface area contributed by atoms with Crippen molar-refractivity contribution in [2.45, 2.75) is 36.6 Å². The SMILES string of the molecule is NS(=O)(=O)c1cnn(C2CCCC2)c1. The first kappa shape index (κ1) is 9.67. The third kappa shape index (κ3) is 1.80. The Hall–Kier alpha value is -0.880. The normalized spacial score (nSPS) is 18.9. The van der Waals surface area contributed by atoms with Crippen LogP contribution in [-0.4, -0.2) is 18.2 Å². The Morgan fingerprint density at radius 1 is 1.43 bits per heavy atom. The molecule has 5 nitrogen and oxygen atoms in total. The van der Waals surface area contributed by atoms with Crippen LogP contribution in [0.25, 0.3) is 0 Å². The van der Waals surface area contributed by atoms with Crippen LogP contribution >= 0.6 is 0 Å². The summed E-state index contributed by atoms with van der Waals surface area (Å²) in [7, 11) is -3.59. The average Bonchev–Trinajstić information content (AvgIpc) is 2.73. The molecule has 6 heteroatoms. The van der Waals surface area contributed by atoms with Crippen LogP contribution in [0.4, 0.5) is 0 Å². The molecule has 1 aromatic heterocycles. The standard InChI is InChI=1S/C8H13N3O2S/c9-14(12,13)8-5-10-11(6-8)7-3-1-2-4-7/h5-7H,1-4H2,(H2,9,12,13). The fraction of sp³-hybridized carbons (Fsp3) is 0.625. The van der Waals surface area contributed by atoms with Gasteiger partial charge in [0.15, 0.2) is 0 Å². The second-order valence-corrected chi connectivity index (χ2v) is 5.20. The van der Waals surface area contributed by atoms with Gasteiger partial charge in [-0.1, -0.05) is 12.8 Å². The van der Waals surface area contributed by atoms with Gasteiger partial charge in [0.2, 0.25) is 10.0 Å². The lowest BCUT2D eigenvalue weighted by atomic mass is 10.3. The molecule has 1 heterocycles. The van der Waals surface area contributed by atoms with Gasteiger partial charge >= 0.3 is 0 Å². The maximum Gasteiger partial charge on any atom is 0.241 e. The van der Waals surface area contributed by atoms with Gasteiger partial charge in [-0.2, -0.15) is 5.10 Å². The van der Waals surface area contributed by atoms with Crippen LogP contribution in [0.3, 0.4) is 0 Å². The summed E-state index contributed by atoms with van der Waals surface area (Å²) in [6.45, 7) is 0. The van der Waals surface area contributed by atoms with Crippen LogP contribution in [0.15, 0.2) is 17.3 Å². The zero-order valence-electron chi connectivity index (χ0n) is 7.76. The topological polar surface area (TPSA) is 78.0 Å². The molecule has 0 amide bonds. The van der Waals surface area contributed by atoms with Crippen molar-refractivity contribution in [3.05, 3.63) is 12.4 Å². The van der Waals surface area contributed by atoms with Gasteiger partial charge < -0.3 is 0 Å². The molecule has 1 aromatic rings. The third-order valence-corrected chi connectivity index (χ3v) is 3.47. The van der Waals surface area contributed by atoms with E-state index in [0.29, 0.717) is 6.04 Å². The maximum atomic E-state index is 11.0. The predicted molar refractivity (Wildman–Crippen MR) is 51.1 cm³/mol. The first-order valence-corrected chi connectivity index (χ1v) is 6.19. The van der Waals surface area contributed by atoms with Gasteiger partial charge in [-0.25, -0.2) is 13.6 Å². The van der Waals surface area contributed by atoms with E-state index in [1.807, 2.05) is 0 Å². The first-order valence-electron chi connectivity index (χ1n) is 4.64. The summed E-state index contributed by atoms with van der Waals surface area (Å²) in [5.74, 6) is 0. The highest BCUT2D eigenvalue weighted by molar-refractivity contribution is 7.89. The fourth-order valence-electron chi connectivity index (χ4n) is 1.84. The highest BCUT2D eigenvalue weighted by atomic mass is 32.2. The quantitative estimate of drug-likeness (QED) is 0.786. The Bertz CT molecular complexity index is 418. The Balaban J connectivity index is 2.25. The minimum absolute atomic E-state index is 0.101. The number of primary sulfonamides is 1. The molecule has 1 fully saturated rings. The van der Waals surface area contributed by atoms with Gasteiger partial charge in [0.25, 0.3) is 0 Å². The molecule has 0 spiro atoms. The van der Waals surface area contributed by atoms with E-state index in [2.05, 4.69) is 5.10 Å². The van der Waals surface area contributed by atoms with Gasteiger partial charge in [0.1, 0.15) is 4.90 Å². The van der Waals surface area contributed by atoms with E-state index in [4.69, 9.17) is 5.14 Å². The van der Waals surface area contributed by atoms with Crippen LogP contribution in [0.2, 0.25) is 0 Å². The van der Waals surface area contributed by atoms with Gasteiger partial charge in [-0.05, 0) is 12.8 Å². The van der Waals surface area contributed by atoms with E-state index < -0.39 is 10.0 Å². The monoisotopic (exact) mass is 215 g/mol. The van der Waals surface area contributed by atoms with Crippen molar-refractivity contribution in [3.8, 4) is 0 Å². The van der Waals surface area contributed by atoms with Crippen molar-refractivity contribution in [1.82, 2.24) is 9.78 Å². The number of hydrogen-bond donors (Lipinski definition) is 1. The molecular weight excluding hydrogens is 202 g/mol. The summed E-state index contributed by atoms with van der Waals surface area (Å²) in [5, 5.41) is 9.01. The number of nitrogens with two attached hydrogens (primary N) is 1. The minimum Gasteiger partial charge on any atom is -0.268 e. The van der Waals surface area contributed by atoms with E-state index in [1.165, 1.54) is 25.2 Å². The van der Waals surface area contributed by atoms with E-state index in [1.54, 1.807) is 4.68 Å². The Kier molecular flexibility index (Phi) is 2.32. The molecule has 0 atom stereocenters. The molecule has 0 aliphatic heterocycles. The number of rotatable bonds is 2. The van der Waals surface area contributed by atoms with Gasteiger partial charge in [-0.3, -0.25) is 4.68 Å². The molecule has 0 saturated heterocycles. The third-order valence-electron chi connectivity index (χ3n) is 2.61. The van der Waals surface area contributed by atoms with E-state index in [0.717, 1.165) is 12.8 Å². The number of sulfonamides is 1. The van der Waals surface area contributed by atoms with Crippen molar-refractivity contribution in [3.63, 3.8) is 0 Å². The van der Waals surface area contributed by atoms with Crippen LogP contribution in [0, 0.1) is 0 Å².